The molecule has 4 heteroatoms. The average Bonchev–Trinajstić information content (AvgIpc) is 2.19. The van der Waals surface area contributed by atoms with Crippen molar-refractivity contribution in [1.29, 1.82) is 0 Å². The Morgan fingerprint density at radius 2 is 2.11 bits per heavy atom. The molecule has 1 aromatic carbocycles. The summed E-state index contributed by atoms with van der Waals surface area (Å²) in [4.78, 5) is 10.7. The minimum Gasteiger partial charge on any atom is -0.481 e. The van der Waals surface area contributed by atoms with Crippen molar-refractivity contribution in [2.75, 3.05) is 0 Å². The van der Waals surface area contributed by atoms with Crippen LogP contribution < -0.4 is 5.73 Å². The fraction of sp³-hybridized carbons (Fsp3) is 0.500. The summed E-state index contributed by atoms with van der Waals surface area (Å²) in [5.74, 6) is -1.08. The number of rotatable bonds is 5. The van der Waals surface area contributed by atoms with Crippen LogP contribution in [0.5, 0.6) is 0 Å². The summed E-state index contributed by atoms with van der Waals surface area (Å²) in [6.45, 7) is 5.43. The third-order valence-electron chi connectivity index (χ3n) is 3.01. The van der Waals surface area contributed by atoms with Crippen LogP contribution in [0, 0.1) is 18.2 Å². The van der Waals surface area contributed by atoms with E-state index in [4.69, 9.17) is 10.8 Å². The average molecular weight is 253 g/mol. The van der Waals surface area contributed by atoms with Gasteiger partial charge in [0.25, 0.3) is 0 Å². The Balaban J connectivity index is 2.78. The largest absolute Gasteiger partial charge is 0.481 e. The number of carboxylic acids is 1. The molecule has 0 heterocycles. The highest BCUT2D eigenvalue weighted by Gasteiger charge is 2.25. The summed E-state index contributed by atoms with van der Waals surface area (Å²) in [7, 11) is 0. The molecule has 0 fully saturated rings. The zero-order chi connectivity index (χ0) is 13.9. The summed E-state index contributed by atoms with van der Waals surface area (Å²) >= 11 is 0. The van der Waals surface area contributed by atoms with Crippen molar-refractivity contribution in [1.82, 2.24) is 0 Å². The monoisotopic (exact) mass is 253 g/mol. The maximum absolute atomic E-state index is 13.2. The van der Waals surface area contributed by atoms with Crippen molar-refractivity contribution in [2.45, 2.75) is 39.7 Å². The topological polar surface area (TPSA) is 63.3 Å². The molecule has 1 aromatic rings. The Bertz CT molecular complexity index is 443. The van der Waals surface area contributed by atoms with Crippen LogP contribution in [0.15, 0.2) is 18.2 Å². The van der Waals surface area contributed by atoms with Gasteiger partial charge in [0.05, 0.1) is 6.42 Å². The summed E-state index contributed by atoms with van der Waals surface area (Å²) in [5.41, 5.74) is 7.07. The van der Waals surface area contributed by atoms with Gasteiger partial charge in [0, 0.05) is 6.04 Å². The number of aliphatic carboxylic acids is 1. The lowest BCUT2D eigenvalue weighted by atomic mass is 9.81. The predicted octanol–water partition coefficient (Wildman–Crippen LogP) is 3.02. The standard InChI is InChI=1S/C14H20FNO2/c1-9-6-10(4-5-11(9)15)12(16)7-14(2,3)8-13(17)18/h4-6,12H,7-8,16H2,1-3H3,(H,17,18). The van der Waals surface area contributed by atoms with Gasteiger partial charge in [0.1, 0.15) is 5.82 Å². The van der Waals surface area contributed by atoms with E-state index < -0.39 is 5.97 Å². The summed E-state index contributed by atoms with van der Waals surface area (Å²) < 4.78 is 13.2. The highest BCUT2D eigenvalue weighted by Crippen LogP contribution is 2.32. The summed E-state index contributed by atoms with van der Waals surface area (Å²) in [5, 5.41) is 8.82. The van der Waals surface area contributed by atoms with Crippen LogP contribution in [-0.2, 0) is 4.79 Å². The second-order valence-electron chi connectivity index (χ2n) is 5.55. The molecule has 0 aromatic heterocycles. The van der Waals surface area contributed by atoms with Crippen molar-refractivity contribution < 1.29 is 14.3 Å². The lowest BCUT2D eigenvalue weighted by Gasteiger charge is -2.26. The molecular weight excluding hydrogens is 233 g/mol. The lowest BCUT2D eigenvalue weighted by molar-refractivity contribution is -0.139. The van der Waals surface area contributed by atoms with Crippen molar-refractivity contribution in [3.05, 3.63) is 35.1 Å². The number of hydrogen-bond acceptors (Lipinski definition) is 2. The Morgan fingerprint density at radius 3 is 2.61 bits per heavy atom. The number of benzene rings is 1. The second-order valence-corrected chi connectivity index (χ2v) is 5.55. The first kappa shape index (κ1) is 14.6. The van der Waals surface area contributed by atoms with Gasteiger partial charge in [-0.2, -0.15) is 0 Å². The molecule has 0 saturated carbocycles. The molecule has 0 radical (unpaired) electrons. The van der Waals surface area contributed by atoms with Crippen molar-refractivity contribution in [3.63, 3.8) is 0 Å². The number of aryl methyl sites for hydroxylation is 1. The van der Waals surface area contributed by atoms with Gasteiger partial charge in [0.15, 0.2) is 0 Å². The van der Waals surface area contributed by atoms with Crippen molar-refractivity contribution in [2.24, 2.45) is 11.1 Å². The number of carboxylic acid groups (broad SMARTS) is 1. The Hall–Kier alpha value is -1.42. The first-order chi connectivity index (χ1) is 8.21. The third kappa shape index (κ3) is 4.11. The van der Waals surface area contributed by atoms with Crippen LogP contribution in [-0.4, -0.2) is 11.1 Å². The van der Waals surface area contributed by atoms with Gasteiger partial charge >= 0.3 is 5.97 Å². The third-order valence-corrected chi connectivity index (χ3v) is 3.01. The van der Waals surface area contributed by atoms with E-state index >= 15 is 0 Å². The molecule has 3 N–H and O–H groups in total. The van der Waals surface area contributed by atoms with Gasteiger partial charge in [0.2, 0.25) is 0 Å². The molecule has 1 unspecified atom stereocenters. The molecule has 18 heavy (non-hydrogen) atoms. The highest BCUT2D eigenvalue weighted by molar-refractivity contribution is 5.67. The Kier molecular flexibility index (Phi) is 4.46. The van der Waals surface area contributed by atoms with E-state index in [9.17, 15) is 9.18 Å². The minimum absolute atomic E-state index is 0.0703. The van der Waals surface area contributed by atoms with E-state index in [0.29, 0.717) is 12.0 Å². The molecular formula is C14H20FNO2. The molecule has 0 saturated heterocycles. The van der Waals surface area contributed by atoms with Crippen LogP contribution in [0.3, 0.4) is 0 Å². The first-order valence-corrected chi connectivity index (χ1v) is 5.95. The molecule has 3 nitrogen and oxygen atoms in total. The van der Waals surface area contributed by atoms with Gasteiger partial charge in [-0.25, -0.2) is 4.39 Å². The van der Waals surface area contributed by atoms with E-state index in [0.717, 1.165) is 5.56 Å². The van der Waals surface area contributed by atoms with Gasteiger partial charge in [-0.1, -0.05) is 26.0 Å². The van der Waals surface area contributed by atoms with Crippen molar-refractivity contribution >= 4 is 5.97 Å². The zero-order valence-electron chi connectivity index (χ0n) is 11.0. The molecule has 0 amide bonds. The summed E-state index contributed by atoms with van der Waals surface area (Å²) in [6.07, 6.45) is 0.616. The lowest BCUT2D eigenvalue weighted by Crippen LogP contribution is -2.24. The maximum atomic E-state index is 13.2. The van der Waals surface area contributed by atoms with E-state index in [1.165, 1.54) is 6.07 Å². The van der Waals surface area contributed by atoms with Crippen LogP contribution in [0.25, 0.3) is 0 Å². The highest BCUT2D eigenvalue weighted by atomic mass is 19.1. The smallest absolute Gasteiger partial charge is 0.303 e. The second kappa shape index (κ2) is 5.48. The number of carbonyl (C=O) groups is 1. The Labute approximate surface area is 107 Å². The molecule has 0 aliphatic heterocycles. The quantitative estimate of drug-likeness (QED) is 0.847. The fourth-order valence-corrected chi connectivity index (χ4v) is 2.09. The van der Waals surface area contributed by atoms with Gasteiger partial charge in [-0.3, -0.25) is 4.79 Å². The molecule has 1 rings (SSSR count). The molecule has 0 aliphatic rings. The van der Waals surface area contributed by atoms with E-state index in [2.05, 4.69) is 0 Å². The number of nitrogens with two attached hydrogens (primary N) is 1. The minimum atomic E-state index is -0.831. The normalized spacial score (nSPS) is 13.4. The summed E-state index contributed by atoms with van der Waals surface area (Å²) in [6, 6.07) is 4.49. The molecule has 0 bridgehead atoms. The van der Waals surface area contributed by atoms with Crippen molar-refractivity contribution in [3.8, 4) is 0 Å². The first-order valence-electron chi connectivity index (χ1n) is 5.95. The van der Waals surface area contributed by atoms with E-state index in [1.807, 2.05) is 13.8 Å². The van der Waals surface area contributed by atoms with Crippen LogP contribution in [0.4, 0.5) is 4.39 Å². The van der Waals surface area contributed by atoms with Crippen LogP contribution in [0.1, 0.15) is 43.9 Å². The molecule has 0 spiro atoms. The van der Waals surface area contributed by atoms with E-state index in [-0.39, 0.29) is 23.7 Å². The van der Waals surface area contributed by atoms with Gasteiger partial charge in [-0.15, -0.1) is 0 Å². The molecule has 100 valence electrons. The molecule has 0 aliphatic carbocycles. The fourth-order valence-electron chi connectivity index (χ4n) is 2.09. The number of halogens is 1. The van der Waals surface area contributed by atoms with Crippen LogP contribution >= 0.6 is 0 Å². The SMILES string of the molecule is Cc1cc(C(N)CC(C)(C)CC(=O)O)ccc1F. The molecule has 1 atom stereocenters. The Morgan fingerprint density at radius 1 is 1.50 bits per heavy atom. The predicted molar refractivity (Wildman–Crippen MR) is 68.7 cm³/mol. The maximum Gasteiger partial charge on any atom is 0.303 e. The van der Waals surface area contributed by atoms with Gasteiger partial charge < -0.3 is 10.8 Å². The number of hydrogen-bond donors (Lipinski definition) is 2. The van der Waals surface area contributed by atoms with Crippen LogP contribution in [0.2, 0.25) is 0 Å². The van der Waals surface area contributed by atoms with E-state index in [1.54, 1.807) is 19.1 Å². The zero-order valence-corrected chi connectivity index (χ0v) is 11.0. The van der Waals surface area contributed by atoms with Gasteiger partial charge in [-0.05, 0) is 36.0 Å².